The van der Waals surface area contributed by atoms with E-state index in [-0.39, 0.29) is 30.3 Å². The number of anilines is 1. The van der Waals surface area contributed by atoms with Crippen molar-refractivity contribution in [2.75, 3.05) is 12.4 Å². The van der Waals surface area contributed by atoms with Crippen LogP contribution in [0.5, 0.6) is 5.75 Å². The number of para-hydroxylation sites is 1. The van der Waals surface area contributed by atoms with E-state index in [0.29, 0.717) is 28.3 Å². The van der Waals surface area contributed by atoms with Gasteiger partial charge in [-0.25, -0.2) is 0 Å². The van der Waals surface area contributed by atoms with Gasteiger partial charge in [0.1, 0.15) is 17.4 Å². The number of likely N-dealkylation sites (tertiary alicyclic amines) is 1. The number of hydrogen-bond acceptors (Lipinski definition) is 5. The third-order valence-corrected chi connectivity index (χ3v) is 10.3. The van der Waals surface area contributed by atoms with Gasteiger partial charge in [0.15, 0.2) is 0 Å². The molecule has 4 aliphatic rings. The molecule has 8 atom stereocenters. The zero-order valence-electron chi connectivity index (χ0n) is 24.4. The number of nitrogens with zero attached hydrogens (tertiary/aromatic N) is 1. The number of benzene rings is 2. The van der Waals surface area contributed by atoms with Crippen LogP contribution in [0, 0.1) is 30.6 Å². The van der Waals surface area contributed by atoms with E-state index in [1.165, 1.54) is 0 Å². The maximum atomic E-state index is 14.4. The normalized spacial score (nSPS) is 33.0. The molecule has 2 N–H and O–H groups in total. The fraction of sp³-hybridized carbons (Fsp3) is 0.485. The SMILES string of the molecule is COc1ccccc1CN1C(=O)[C@@H]2[C@H](C(=O)Nc3ccc(C)c(Cl)c3)[C@@H]3C=C[C@@]2(O3)[C@@H]1C(=O)N[C@@H]1CCC[C@@H](C)[C@@H]1C. The average molecular weight is 592 g/mol. The molecule has 1 aliphatic carbocycles. The van der Waals surface area contributed by atoms with E-state index in [2.05, 4.69) is 24.5 Å². The Morgan fingerprint density at radius 1 is 1.14 bits per heavy atom. The zero-order chi connectivity index (χ0) is 29.8. The van der Waals surface area contributed by atoms with Crippen LogP contribution in [0.25, 0.3) is 0 Å². The second-order valence-electron chi connectivity index (χ2n) is 12.3. The maximum absolute atomic E-state index is 14.4. The van der Waals surface area contributed by atoms with Gasteiger partial charge < -0.3 is 25.0 Å². The molecule has 6 rings (SSSR count). The van der Waals surface area contributed by atoms with E-state index < -0.39 is 29.6 Å². The molecule has 2 bridgehead atoms. The molecule has 0 radical (unpaired) electrons. The summed E-state index contributed by atoms with van der Waals surface area (Å²) in [5.74, 6) is -1.07. The number of nitrogens with one attached hydrogen (secondary N) is 2. The number of carbonyl (C=O) groups excluding carboxylic acids is 3. The Hall–Kier alpha value is -3.36. The summed E-state index contributed by atoms with van der Waals surface area (Å²) in [6.07, 6.45) is 6.13. The van der Waals surface area contributed by atoms with Crippen molar-refractivity contribution < 1.29 is 23.9 Å². The lowest BCUT2D eigenvalue weighted by atomic mass is 9.73. The van der Waals surface area contributed by atoms with Crippen molar-refractivity contribution in [3.63, 3.8) is 0 Å². The number of carbonyl (C=O) groups is 3. The molecular formula is C33H38ClN3O5. The molecule has 1 spiro atoms. The molecule has 0 unspecified atom stereocenters. The second-order valence-corrected chi connectivity index (χ2v) is 12.7. The number of ether oxygens (including phenoxy) is 2. The van der Waals surface area contributed by atoms with Crippen LogP contribution in [0.2, 0.25) is 5.02 Å². The van der Waals surface area contributed by atoms with Gasteiger partial charge in [-0.05, 0) is 48.9 Å². The highest BCUT2D eigenvalue weighted by Gasteiger charge is 2.72. The first kappa shape index (κ1) is 28.7. The van der Waals surface area contributed by atoms with E-state index >= 15 is 0 Å². The minimum Gasteiger partial charge on any atom is -0.496 e. The first-order chi connectivity index (χ1) is 20.1. The van der Waals surface area contributed by atoms with Crippen LogP contribution < -0.4 is 15.4 Å². The summed E-state index contributed by atoms with van der Waals surface area (Å²) < 4.78 is 12.1. The molecule has 3 amide bonds. The van der Waals surface area contributed by atoms with Crippen molar-refractivity contribution in [3.05, 3.63) is 70.8 Å². The fourth-order valence-corrected chi connectivity index (χ4v) is 7.58. The van der Waals surface area contributed by atoms with Crippen molar-refractivity contribution in [2.45, 2.75) is 70.4 Å². The maximum Gasteiger partial charge on any atom is 0.246 e. The van der Waals surface area contributed by atoms with Crippen molar-refractivity contribution in [2.24, 2.45) is 23.7 Å². The van der Waals surface area contributed by atoms with E-state index in [9.17, 15) is 14.4 Å². The standard InChI is InChI=1S/C33H38ClN3O5/c1-18-8-7-10-24(20(18)3)36-31(39)29-33-15-14-26(42-33)27(30(38)35-22-13-12-19(2)23(34)16-22)28(33)32(40)37(29)17-21-9-5-6-11-25(21)41-4/h5-6,9,11-16,18,20,24,26-29H,7-8,10,17H2,1-4H3,(H,35,38)(H,36,39)/t18-,20+,24-,26+,27-,28+,29+,33+/m1/s1. The Labute approximate surface area is 251 Å². The molecule has 222 valence electrons. The van der Waals surface area contributed by atoms with Gasteiger partial charge >= 0.3 is 0 Å². The van der Waals surface area contributed by atoms with Gasteiger partial charge in [0.2, 0.25) is 17.7 Å². The highest BCUT2D eigenvalue weighted by atomic mass is 35.5. The number of aryl methyl sites for hydroxylation is 1. The van der Waals surface area contributed by atoms with Gasteiger partial charge in [-0.1, -0.05) is 74.7 Å². The number of rotatable bonds is 7. The van der Waals surface area contributed by atoms with Gasteiger partial charge in [0, 0.05) is 22.3 Å². The van der Waals surface area contributed by atoms with Crippen LogP contribution in [0.3, 0.4) is 0 Å². The molecule has 9 heteroatoms. The van der Waals surface area contributed by atoms with Crippen molar-refractivity contribution >= 4 is 35.0 Å². The minimum atomic E-state index is -1.25. The summed E-state index contributed by atoms with van der Waals surface area (Å²) in [6, 6.07) is 11.8. The molecule has 1 saturated carbocycles. The molecule has 3 aliphatic heterocycles. The van der Waals surface area contributed by atoms with Crippen LogP contribution in [0.15, 0.2) is 54.6 Å². The van der Waals surface area contributed by atoms with E-state index in [4.69, 9.17) is 21.1 Å². The monoisotopic (exact) mass is 591 g/mol. The lowest BCUT2D eigenvalue weighted by Gasteiger charge is -2.38. The first-order valence-electron chi connectivity index (χ1n) is 14.8. The topological polar surface area (TPSA) is 97.0 Å². The number of fused-ring (bicyclic) bond motifs is 1. The highest BCUT2D eigenvalue weighted by molar-refractivity contribution is 6.31. The van der Waals surface area contributed by atoms with E-state index in [0.717, 1.165) is 30.4 Å². The number of methoxy groups -OCH3 is 1. The molecule has 2 aromatic carbocycles. The van der Waals surface area contributed by atoms with Gasteiger partial charge in [-0.2, -0.15) is 0 Å². The molecule has 42 heavy (non-hydrogen) atoms. The van der Waals surface area contributed by atoms with E-state index in [1.54, 1.807) is 24.1 Å². The number of halogens is 1. The Bertz CT molecular complexity index is 1440. The molecule has 3 fully saturated rings. The lowest BCUT2D eigenvalue weighted by molar-refractivity contribution is -0.142. The quantitative estimate of drug-likeness (QED) is 0.447. The average Bonchev–Trinajstić information content (AvgIpc) is 3.61. The number of amides is 3. The molecule has 0 aromatic heterocycles. The van der Waals surface area contributed by atoms with Crippen LogP contribution >= 0.6 is 11.6 Å². The second kappa shape index (κ2) is 11.0. The summed E-state index contributed by atoms with van der Waals surface area (Å²) in [5, 5.41) is 6.78. The van der Waals surface area contributed by atoms with Crippen molar-refractivity contribution in [1.29, 1.82) is 0 Å². The zero-order valence-corrected chi connectivity index (χ0v) is 25.2. The van der Waals surface area contributed by atoms with Gasteiger partial charge in [0.05, 0.1) is 31.6 Å². The Kier molecular flexibility index (Phi) is 7.56. The predicted molar refractivity (Wildman–Crippen MR) is 160 cm³/mol. The highest BCUT2D eigenvalue weighted by Crippen LogP contribution is 2.55. The van der Waals surface area contributed by atoms with Crippen molar-refractivity contribution in [3.8, 4) is 5.75 Å². The van der Waals surface area contributed by atoms with Crippen LogP contribution in [-0.4, -0.2) is 53.5 Å². The Balaban J connectivity index is 1.34. The third kappa shape index (κ3) is 4.69. The van der Waals surface area contributed by atoms with Crippen LogP contribution in [0.1, 0.15) is 44.2 Å². The van der Waals surface area contributed by atoms with Gasteiger partial charge in [-0.15, -0.1) is 0 Å². The molecule has 2 saturated heterocycles. The summed E-state index contributed by atoms with van der Waals surface area (Å²) >= 11 is 6.30. The smallest absolute Gasteiger partial charge is 0.246 e. The third-order valence-electron chi connectivity index (χ3n) is 9.93. The summed E-state index contributed by atoms with van der Waals surface area (Å²) in [7, 11) is 1.58. The van der Waals surface area contributed by atoms with Crippen LogP contribution in [-0.2, 0) is 25.7 Å². The van der Waals surface area contributed by atoms with E-state index in [1.807, 2.05) is 49.4 Å². The molecule has 2 aromatic rings. The predicted octanol–water partition coefficient (Wildman–Crippen LogP) is 4.89. The summed E-state index contributed by atoms with van der Waals surface area (Å²) in [6.45, 7) is 6.44. The van der Waals surface area contributed by atoms with Crippen molar-refractivity contribution in [1.82, 2.24) is 10.2 Å². The Morgan fingerprint density at radius 3 is 2.69 bits per heavy atom. The van der Waals surface area contributed by atoms with Gasteiger partial charge in [-0.3, -0.25) is 14.4 Å². The summed E-state index contributed by atoms with van der Waals surface area (Å²) in [4.78, 5) is 44.0. The largest absolute Gasteiger partial charge is 0.496 e. The number of hydrogen-bond donors (Lipinski definition) is 2. The molecule has 3 heterocycles. The molecule has 8 nitrogen and oxygen atoms in total. The lowest BCUT2D eigenvalue weighted by Crippen LogP contribution is -2.57. The summed E-state index contributed by atoms with van der Waals surface area (Å²) in [5.41, 5.74) is 0.969. The Morgan fingerprint density at radius 2 is 1.93 bits per heavy atom. The minimum absolute atomic E-state index is 0.00729. The first-order valence-corrected chi connectivity index (χ1v) is 15.2. The fourth-order valence-electron chi connectivity index (χ4n) is 7.40. The molecular weight excluding hydrogens is 554 g/mol. The van der Waals surface area contributed by atoms with Gasteiger partial charge in [0.25, 0.3) is 0 Å². The van der Waals surface area contributed by atoms with Crippen LogP contribution in [0.4, 0.5) is 5.69 Å².